The van der Waals surface area contributed by atoms with Crippen LogP contribution in [0.3, 0.4) is 0 Å². The molecule has 3 rings (SSSR count). The number of benzene rings is 2. The lowest BCUT2D eigenvalue weighted by Crippen LogP contribution is -2.05. The standard InChI is InChI=1S/C18H18N2O/c1-14-7-5-6-8-15(14)13-18(21)17-11-12-20(19-17)16-9-3-2-4-10-16/h2-12,18,21H,13H2,1H3. The Balaban J connectivity index is 1.79. The Morgan fingerprint density at radius 2 is 1.71 bits per heavy atom. The van der Waals surface area contributed by atoms with E-state index in [0.717, 1.165) is 11.3 Å². The molecule has 0 bridgehead atoms. The zero-order valence-electron chi connectivity index (χ0n) is 12.0. The maximum atomic E-state index is 10.4. The van der Waals surface area contributed by atoms with Crippen molar-refractivity contribution in [2.24, 2.45) is 0 Å². The Kier molecular flexibility index (Phi) is 3.84. The molecule has 1 unspecified atom stereocenters. The third kappa shape index (κ3) is 3.03. The smallest absolute Gasteiger partial charge is 0.102 e. The van der Waals surface area contributed by atoms with E-state index in [-0.39, 0.29) is 0 Å². The number of aliphatic hydroxyl groups excluding tert-OH is 1. The highest BCUT2D eigenvalue weighted by Gasteiger charge is 2.13. The van der Waals surface area contributed by atoms with Gasteiger partial charge in [-0.2, -0.15) is 5.10 Å². The lowest BCUT2D eigenvalue weighted by atomic mass is 10.0. The Hall–Kier alpha value is -2.39. The molecule has 2 aromatic carbocycles. The van der Waals surface area contributed by atoms with Crippen LogP contribution in [0.2, 0.25) is 0 Å². The van der Waals surface area contributed by atoms with Crippen molar-refractivity contribution in [3.05, 3.63) is 83.7 Å². The topological polar surface area (TPSA) is 38.0 Å². The van der Waals surface area contributed by atoms with Gasteiger partial charge in [-0.25, -0.2) is 4.68 Å². The molecule has 0 radical (unpaired) electrons. The SMILES string of the molecule is Cc1ccccc1CC(O)c1ccn(-c2ccccc2)n1. The second-order valence-corrected chi connectivity index (χ2v) is 5.17. The summed E-state index contributed by atoms with van der Waals surface area (Å²) in [6.45, 7) is 2.06. The highest BCUT2D eigenvalue weighted by atomic mass is 16.3. The number of hydrogen-bond acceptors (Lipinski definition) is 2. The summed E-state index contributed by atoms with van der Waals surface area (Å²) in [5.41, 5.74) is 4.03. The number of hydrogen-bond donors (Lipinski definition) is 1. The summed E-state index contributed by atoms with van der Waals surface area (Å²) in [5, 5.41) is 14.9. The normalized spacial score (nSPS) is 12.3. The molecule has 0 fully saturated rings. The minimum Gasteiger partial charge on any atom is -0.386 e. The fourth-order valence-electron chi connectivity index (χ4n) is 2.39. The van der Waals surface area contributed by atoms with Gasteiger partial charge < -0.3 is 5.11 Å². The summed E-state index contributed by atoms with van der Waals surface area (Å²) in [6.07, 6.45) is 1.88. The molecule has 3 heteroatoms. The summed E-state index contributed by atoms with van der Waals surface area (Å²) >= 11 is 0. The van der Waals surface area contributed by atoms with Crippen LogP contribution in [0.1, 0.15) is 22.9 Å². The predicted molar refractivity (Wildman–Crippen MR) is 83.4 cm³/mol. The quantitative estimate of drug-likeness (QED) is 0.793. The van der Waals surface area contributed by atoms with Crippen molar-refractivity contribution in [3.8, 4) is 5.69 Å². The Morgan fingerprint density at radius 1 is 1.00 bits per heavy atom. The van der Waals surface area contributed by atoms with E-state index >= 15 is 0 Å². The van der Waals surface area contributed by atoms with Gasteiger partial charge in [-0.3, -0.25) is 0 Å². The fraction of sp³-hybridized carbons (Fsp3) is 0.167. The molecule has 106 valence electrons. The second-order valence-electron chi connectivity index (χ2n) is 5.17. The van der Waals surface area contributed by atoms with E-state index in [0.29, 0.717) is 12.1 Å². The summed E-state index contributed by atoms with van der Waals surface area (Å²) in [6, 6.07) is 19.9. The van der Waals surface area contributed by atoms with Gasteiger partial charge in [-0.05, 0) is 36.2 Å². The van der Waals surface area contributed by atoms with Crippen LogP contribution in [0.4, 0.5) is 0 Å². The van der Waals surface area contributed by atoms with Crippen molar-refractivity contribution in [2.45, 2.75) is 19.4 Å². The average Bonchev–Trinajstić information content (AvgIpc) is 3.00. The highest BCUT2D eigenvalue weighted by Crippen LogP contribution is 2.19. The van der Waals surface area contributed by atoms with Crippen LogP contribution in [0, 0.1) is 6.92 Å². The van der Waals surface area contributed by atoms with E-state index < -0.39 is 6.10 Å². The van der Waals surface area contributed by atoms with Gasteiger partial charge in [-0.1, -0.05) is 42.5 Å². The lowest BCUT2D eigenvalue weighted by molar-refractivity contribution is 0.173. The molecule has 1 atom stereocenters. The van der Waals surface area contributed by atoms with Crippen molar-refractivity contribution in [1.82, 2.24) is 9.78 Å². The van der Waals surface area contributed by atoms with Gasteiger partial charge in [-0.15, -0.1) is 0 Å². The van der Waals surface area contributed by atoms with Gasteiger partial charge in [0.25, 0.3) is 0 Å². The first-order valence-corrected chi connectivity index (χ1v) is 7.07. The molecule has 3 aromatic rings. The molecule has 1 heterocycles. The molecule has 0 aliphatic heterocycles. The molecule has 3 nitrogen and oxygen atoms in total. The van der Waals surface area contributed by atoms with Crippen LogP contribution >= 0.6 is 0 Å². The highest BCUT2D eigenvalue weighted by molar-refractivity contribution is 5.31. The first-order chi connectivity index (χ1) is 10.2. The number of aryl methyl sites for hydroxylation is 1. The number of rotatable bonds is 4. The van der Waals surface area contributed by atoms with E-state index in [9.17, 15) is 5.11 Å². The average molecular weight is 278 g/mol. The van der Waals surface area contributed by atoms with E-state index in [4.69, 9.17) is 0 Å². The Bertz CT molecular complexity index is 719. The third-order valence-corrected chi connectivity index (χ3v) is 3.65. The molecular formula is C18H18N2O. The summed E-state index contributed by atoms with van der Waals surface area (Å²) in [4.78, 5) is 0. The van der Waals surface area contributed by atoms with E-state index in [1.165, 1.54) is 5.56 Å². The number of aromatic nitrogens is 2. The molecule has 1 N–H and O–H groups in total. The molecular weight excluding hydrogens is 260 g/mol. The molecule has 1 aromatic heterocycles. The van der Waals surface area contributed by atoms with E-state index in [1.54, 1.807) is 4.68 Å². The van der Waals surface area contributed by atoms with Crippen LogP contribution in [0.5, 0.6) is 0 Å². The first-order valence-electron chi connectivity index (χ1n) is 7.07. The van der Waals surface area contributed by atoms with Crippen LogP contribution in [-0.2, 0) is 6.42 Å². The molecule has 0 aliphatic rings. The van der Waals surface area contributed by atoms with Gasteiger partial charge in [0.2, 0.25) is 0 Å². The van der Waals surface area contributed by atoms with Crippen molar-refractivity contribution < 1.29 is 5.11 Å². The van der Waals surface area contributed by atoms with Crippen molar-refractivity contribution in [2.75, 3.05) is 0 Å². The summed E-state index contributed by atoms with van der Waals surface area (Å²) < 4.78 is 1.79. The minimum atomic E-state index is -0.587. The lowest BCUT2D eigenvalue weighted by Gasteiger charge is -2.10. The van der Waals surface area contributed by atoms with E-state index in [1.807, 2.05) is 60.8 Å². The van der Waals surface area contributed by atoms with Crippen LogP contribution < -0.4 is 0 Å². The Morgan fingerprint density at radius 3 is 2.48 bits per heavy atom. The minimum absolute atomic E-state index is 0.582. The molecule has 0 spiro atoms. The first kappa shape index (κ1) is 13.6. The van der Waals surface area contributed by atoms with E-state index in [2.05, 4.69) is 18.1 Å². The van der Waals surface area contributed by atoms with Gasteiger partial charge in [0.15, 0.2) is 0 Å². The maximum absolute atomic E-state index is 10.4. The Labute approximate surface area is 124 Å². The number of nitrogens with zero attached hydrogens (tertiary/aromatic N) is 2. The predicted octanol–water partition coefficient (Wildman–Crippen LogP) is 3.46. The van der Waals surface area contributed by atoms with Crippen molar-refractivity contribution in [1.29, 1.82) is 0 Å². The molecule has 0 amide bonds. The van der Waals surface area contributed by atoms with Gasteiger partial charge in [0, 0.05) is 12.6 Å². The monoisotopic (exact) mass is 278 g/mol. The third-order valence-electron chi connectivity index (χ3n) is 3.65. The zero-order chi connectivity index (χ0) is 14.7. The summed E-state index contributed by atoms with van der Waals surface area (Å²) in [5.74, 6) is 0. The van der Waals surface area contributed by atoms with Gasteiger partial charge in [0.1, 0.15) is 6.10 Å². The number of para-hydroxylation sites is 1. The van der Waals surface area contributed by atoms with Gasteiger partial charge in [0.05, 0.1) is 11.4 Å². The fourth-order valence-corrected chi connectivity index (χ4v) is 2.39. The molecule has 0 saturated carbocycles. The summed E-state index contributed by atoms with van der Waals surface area (Å²) in [7, 11) is 0. The van der Waals surface area contributed by atoms with Crippen LogP contribution in [0.15, 0.2) is 66.9 Å². The second kappa shape index (κ2) is 5.94. The number of aliphatic hydroxyl groups is 1. The largest absolute Gasteiger partial charge is 0.386 e. The maximum Gasteiger partial charge on any atom is 0.102 e. The molecule has 0 saturated heterocycles. The van der Waals surface area contributed by atoms with Gasteiger partial charge >= 0.3 is 0 Å². The van der Waals surface area contributed by atoms with Crippen molar-refractivity contribution >= 4 is 0 Å². The zero-order valence-corrected chi connectivity index (χ0v) is 12.0. The van der Waals surface area contributed by atoms with Crippen LogP contribution in [0.25, 0.3) is 5.69 Å². The molecule has 21 heavy (non-hydrogen) atoms. The van der Waals surface area contributed by atoms with Crippen LogP contribution in [-0.4, -0.2) is 14.9 Å². The molecule has 0 aliphatic carbocycles. The van der Waals surface area contributed by atoms with Crippen molar-refractivity contribution in [3.63, 3.8) is 0 Å².